The number of ether oxygens (including phenoxy) is 1. The molecule has 0 radical (unpaired) electrons. The normalized spacial score (nSPS) is 13.7. The van der Waals surface area contributed by atoms with Crippen LogP contribution in [0.2, 0.25) is 0 Å². The van der Waals surface area contributed by atoms with E-state index in [0.717, 1.165) is 16.7 Å². The lowest BCUT2D eigenvalue weighted by molar-refractivity contribution is -0.133. The van der Waals surface area contributed by atoms with Gasteiger partial charge in [0.2, 0.25) is 0 Å². The number of hydrogen-bond donors (Lipinski definition) is 1. The van der Waals surface area contributed by atoms with E-state index in [0.29, 0.717) is 41.8 Å². The second kappa shape index (κ2) is 10.7. The van der Waals surface area contributed by atoms with Gasteiger partial charge in [0, 0.05) is 37.2 Å². The number of rotatable bonds is 10. The Hall–Kier alpha value is -4.69. The molecule has 1 fully saturated rings. The molecule has 0 bridgehead atoms. The Balaban J connectivity index is 1.20. The minimum atomic E-state index is -1.05. The SMILES string of the molecule is NCc1cccc(-c2ccn3nccc(Oc4ccc(CC(=O)C5(C(=O)Cc6ccc(F)cc6)CC5)cc4F)c23)c1. The number of Topliss-reactive ketones (excluding diaryl/α,β-unsaturated/α-hetero) is 2. The van der Waals surface area contributed by atoms with Crippen molar-refractivity contribution >= 4 is 17.1 Å². The summed E-state index contributed by atoms with van der Waals surface area (Å²) in [7, 11) is 0. The fourth-order valence-electron chi connectivity index (χ4n) is 5.20. The van der Waals surface area contributed by atoms with Crippen LogP contribution in [0.4, 0.5) is 8.78 Å². The summed E-state index contributed by atoms with van der Waals surface area (Å²) in [5.74, 6) is -0.990. The highest BCUT2D eigenvalue weighted by Crippen LogP contribution is 2.49. The van der Waals surface area contributed by atoms with Crippen molar-refractivity contribution in [2.24, 2.45) is 11.1 Å². The zero-order valence-corrected chi connectivity index (χ0v) is 22.1. The standard InChI is InChI=1S/C33H27F2N3O3/c34-25-7-4-21(5-8-25)18-30(39)33(12-13-33)31(40)19-22-6-9-28(27(35)17-22)41-29-10-14-37-38-15-11-26(32(29)38)24-3-1-2-23(16-24)20-36/h1-11,14-17H,12-13,18-20,36H2. The van der Waals surface area contributed by atoms with Gasteiger partial charge in [-0.25, -0.2) is 13.3 Å². The fraction of sp³-hybridized carbons (Fsp3) is 0.182. The molecule has 2 N–H and O–H groups in total. The van der Waals surface area contributed by atoms with E-state index in [-0.39, 0.29) is 36.0 Å². The number of aromatic nitrogens is 2. The molecule has 0 saturated heterocycles. The van der Waals surface area contributed by atoms with E-state index in [1.165, 1.54) is 24.3 Å². The third-order valence-corrected chi connectivity index (χ3v) is 7.67. The first-order valence-corrected chi connectivity index (χ1v) is 13.4. The molecule has 1 saturated carbocycles. The number of benzene rings is 3. The molecule has 0 aliphatic heterocycles. The van der Waals surface area contributed by atoms with Gasteiger partial charge in [-0.2, -0.15) is 5.10 Å². The van der Waals surface area contributed by atoms with E-state index in [2.05, 4.69) is 5.10 Å². The van der Waals surface area contributed by atoms with Gasteiger partial charge in [0.1, 0.15) is 11.3 Å². The third-order valence-electron chi connectivity index (χ3n) is 7.67. The van der Waals surface area contributed by atoms with E-state index in [4.69, 9.17) is 10.5 Å². The largest absolute Gasteiger partial charge is 0.452 e. The van der Waals surface area contributed by atoms with Crippen molar-refractivity contribution in [2.75, 3.05) is 0 Å². The topological polar surface area (TPSA) is 86.7 Å². The van der Waals surface area contributed by atoms with Crippen LogP contribution >= 0.6 is 0 Å². The maximum absolute atomic E-state index is 15.3. The van der Waals surface area contributed by atoms with Crippen LogP contribution in [0.25, 0.3) is 16.6 Å². The van der Waals surface area contributed by atoms with Crippen molar-refractivity contribution < 1.29 is 23.1 Å². The maximum Gasteiger partial charge on any atom is 0.166 e. The number of nitrogens with two attached hydrogens (primary N) is 1. The summed E-state index contributed by atoms with van der Waals surface area (Å²) in [6.45, 7) is 0.408. The van der Waals surface area contributed by atoms with Crippen LogP contribution in [-0.4, -0.2) is 21.2 Å². The summed E-state index contributed by atoms with van der Waals surface area (Å²) < 4.78 is 36.2. The van der Waals surface area contributed by atoms with E-state index >= 15 is 4.39 Å². The first-order chi connectivity index (χ1) is 19.9. The smallest absolute Gasteiger partial charge is 0.166 e. The molecule has 0 amide bonds. The first kappa shape index (κ1) is 26.5. The predicted molar refractivity (Wildman–Crippen MR) is 150 cm³/mol. The highest BCUT2D eigenvalue weighted by Gasteiger charge is 2.54. The summed E-state index contributed by atoms with van der Waals surface area (Å²) >= 11 is 0. The number of nitrogens with zero attached hydrogens (tertiary/aromatic N) is 2. The molecule has 0 unspecified atom stereocenters. The van der Waals surface area contributed by atoms with Crippen LogP contribution < -0.4 is 10.5 Å². The number of carbonyl (C=O) groups excluding carboxylic acids is 2. The second-order valence-corrected chi connectivity index (χ2v) is 10.4. The van der Waals surface area contributed by atoms with Gasteiger partial charge in [0.15, 0.2) is 28.9 Å². The highest BCUT2D eigenvalue weighted by molar-refractivity contribution is 6.10. The minimum Gasteiger partial charge on any atom is -0.452 e. The molecule has 8 heteroatoms. The minimum absolute atomic E-state index is 0.00526. The second-order valence-electron chi connectivity index (χ2n) is 10.4. The van der Waals surface area contributed by atoms with Gasteiger partial charge in [-0.1, -0.05) is 36.4 Å². The molecule has 206 valence electrons. The number of carbonyl (C=O) groups is 2. The van der Waals surface area contributed by atoms with Crippen molar-refractivity contribution in [3.05, 3.63) is 120 Å². The summed E-state index contributed by atoms with van der Waals surface area (Å²) in [4.78, 5) is 26.1. The molecule has 5 aromatic rings. The van der Waals surface area contributed by atoms with E-state index < -0.39 is 11.2 Å². The number of halogens is 2. The van der Waals surface area contributed by atoms with Crippen LogP contribution in [0.3, 0.4) is 0 Å². The highest BCUT2D eigenvalue weighted by atomic mass is 19.1. The molecular weight excluding hydrogens is 524 g/mol. The molecule has 6 rings (SSSR count). The molecule has 0 atom stereocenters. The quantitative estimate of drug-likeness (QED) is 0.208. The van der Waals surface area contributed by atoms with Crippen molar-refractivity contribution in [3.8, 4) is 22.6 Å². The van der Waals surface area contributed by atoms with E-state index in [1.807, 2.05) is 36.5 Å². The zero-order chi connectivity index (χ0) is 28.6. The molecule has 2 heterocycles. The number of hydrogen-bond acceptors (Lipinski definition) is 5. The molecule has 1 aliphatic rings. The van der Waals surface area contributed by atoms with Gasteiger partial charge in [-0.05, 0) is 71.5 Å². The summed E-state index contributed by atoms with van der Waals surface area (Å²) in [6.07, 6.45) is 4.33. The monoisotopic (exact) mass is 551 g/mol. The van der Waals surface area contributed by atoms with E-state index in [9.17, 15) is 14.0 Å². The molecule has 2 aromatic heterocycles. The number of ketones is 2. The van der Waals surface area contributed by atoms with Crippen LogP contribution in [0.1, 0.15) is 29.5 Å². The lowest BCUT2D eigenvalue weighted by atomic mass is 9.88. The maximum atomic E-state index is 15.3. The molecule has 0 spiro atoms. The molecule has 6 nitrogen and oxygen atoms in total. The lowest BCUT2D eigenvalue weighted by Crippen LogP contribution is -2.28. The Morgan fingerprint density at radius 3 is 2.29 bits per heavy atom. The van der Waals surface area contributed by atoms with Crippen LogP contribution in [-0.2, 0) is 29.0 Å². The molecule has 3 aromatic carbocycles. The molecular formula is C33H27F2N3O3. The Morgan fingerprint density at radius 2 is 1.59 bits per heavy atom. The summed E-state index contributed by atoms with van der Waals surface area (Å²) in [6, 6.07) is 21.5. The van der Waals surface area contributed by atoms with Gasteiger partial charge in [0.05, 0.1) is 11.6 Å². The summed E-state index contributed by atoms with van der Waals surface area (Å²) in [5, 5.41) is 4.35. The fourth-order valence-corrected chi connectivity index (χ4v) is 5.20. The van der Waals surface area contributed by atoms with Crippen molar-refractivity contribution in [1.29, 1.82) is 0 Å². The molecule has 41 heavy (non-hydrogen) atoms. The van der Waals surface area contributed by atoms with E-state index in [1.54, 1.807) is 35.0 Å². The third kappa shape index (κ3) is 5.26. The first-order valence-electron chi connectivity index (χ1n) is 13.4. The van der Waals surface area contributed by atoms with Crippen molar-refractivity contribution in [3.63, 3.8) is 0 Å². The Labute approximate surface area is 235 Å². The van der Waals surface area contributed by atoms with Crippen molar-refractivity contribution in [2.45, 2.75) is 32.2 Å². The average Bonchev–Trinajstić information content (AvgIpc) is 3.69. The average molecular weight is 552 g/mol. The van der Waals surface area contributed by atoms with Crippen LogP contribution in [0, 0.1) is 17.0 Å². The Bertz CT molecular complexity index is 1770. The Morgan fingerprint density at radius 1 is 0.854 bits per heavy atom. The van der Waals surface area contributed by atoms with Gasteiger partial charge in [-0.3, -0.25) is 9.59 Å². The summed E-state index contributed by atoms with van der Waals surface area (Å²) in [5.41, 5.74) is 9.35. The lowest BCUT2D eigenvalue weighted by Gasteiger charge is -2.14. The molecule has 1 aliphatic carbocycles. The zero-order valence-electron chi connectivity index (χ0n) is 22.1. The van der Waals surface area contributed by atoms with Crippen LogP contribution in [0.5, 0.6) is 11.5 Å². The van der Waals surface area contributed by atoms with Gasteiger partial charge in [-0.15, -0.1) is 0 Å². The van der Waals surface area contributed by atoms with Gasteiger partial charge in [0.25, 0.3) is 0 Å². The van der Waals surface area contributed by atoms with Crippen LogP contribution in [0.15, 0.2) is 91.3 Å². The Kier molecular flexibility index (Phi) is 6.93. The van der Waals surface area contributed by atoms with Gasteiger partial charge < -0.3 is 10.5 Å². The predicted octanol–water partition coefficient (Wildman–Crippen LogP) is 6.23. The van der Waals surface area contributed by atoms with Gasteiger partial charge >= 0.3 is 0 Å². The number of fused-ring (bicyclic) bond motifs is 1. The van der Waals surface area contributed by atoms with Crippen molar-refractivity contribution in [1.82, 2.24) is 9.61 Å².